The third-order valence-electron chi connectivity index (χ3n) is 2.17. The number of hydrogen-bond acceptors (Lipinski definition) is 5. The molecule has 0 aliphatic rings. The molecule has 1 aromatic rings. The zero-order valence-electron chi connectivity index (χ0n) is 10.4. The fraction of sp³-hybridized carbons (Fsp3) is 0.636. The van der Waals surface area contributed by atoms with Crippen LogP contribution in [0.5, 0.6) is 0 Å². The van der Waals surface area contributed by atoms with Crippen molar-refractivity contribution >= 4 is 5.82 Å². The van der Waals surface area contributed by atoms with Crippen molar-refractivity contribution in [2.75, 3.05) is 32.5 Å². The van der Waals surface area contributed by atoms with Crippen LogP contribution in [0.1, 0.15) is 12.6 Å². The highest BCUT2D eigenvalue weighted by Gasteiger charge is 2.21. The van der Waals surface area contributed by atoms with E-state index in [0.717, 1.165) is 11.5 Å². The predicted octanol–water partition coefficient (Wildman–Crippen LogP) is 0.510. The van der Waals surface area contributed by atoms with Crippen molar-refractivity contribution in [3.05, 3.63) is 18.1 Å². The lowest BCUT2D eigenvalue weighted by molar-refractivity contribution is 0.0459. The molecule has 90 valence electrons. The molecule has 2 N–H and O–H groups in total. The molecule has 0 radical (unpaired) electrons. The van der Waals surface area contributed by atoms with Gasteiger partial charge in [0.15, 0.2) is 0 Å². The summed E-state index contributed by atoms with van der Waals surface area (Å²) in [6.07, 6.45) is 3.29. The van der Waals surface area contributed by atoms with E-state index in [1.807, 2.05) is 25.9 Å². The quantitative estimate of drug-likeness (QED) is 0.763. The van der Waals surface area contributed by atoms with Crippen LogP contribution in [-0.4, -0.2) is 52.8 Å². The fourth-order valence-corrected chi connectivity index (χ4v) is 1.59. The summed E-state index contributed by atoms with van der Waals surface area (Å²) in [7, 11) is 3.87. The molecule has 0 spiro atoms. The largest absolute Gasteiger partial charge is 0.387 e. The predicted molar refractivity (Wildman–Crippen MR) is 64.4 cm³/mol. The van der Waals surface area contributed by atoms with Crippen molar-refractivity contribution in [1.29, 1.82) is 0 Å². The van der Waals surface area contributed by atoms with Gasteiger partial charge in [-0.2, -0.15) is 0 Å². The van der Waals surface area contributed by atoms with E-state index in [9.17, 15) is 5.11 Å². The lowest BCUT2D eigenvalue weighted by Crippen LogP contribution is -2.43. The smallest absolute Gasteiger partial charge is 0.147 e. The fourth-order valence-electron chi connectivity index (χ4n) is 1.59. The van der Waals surface area contributed by atoms with Crippen LogP contribution in [0.25, 0.3) is 0 Å². The van der Waals surface area contributed by atoms with E-state index < -0.39 is 5.60 Å². The molecule has 0 saturated carbocycles. The first kappa shape index (κ1) is 12.9. The van der Waals surface area contributed by atoms with E-state index in [-0.39, 0.29) is 0 Å². The van der Waals surface area contributed by atoms with E-state index in [1.165, 1.54) is 0 Å². The molecular weight excluding hydrogens is 204 g/mol. The maximum Gasteiger partial charge on any atom is 0.147 e. The van der Waals surface area contributed by atoms with E-state index in [2.05, 4.69) is 15.3 Å². The molecule has 0 bridgehead atoms. The van der Waals surface area contributed by atoms with Gasteiger partial charge in [-0.1, -0.05) is 0 Å². The maximum atomic E-state index is 10.1. The normalized spacial score (nSPS) is 14.9. The summed E-state index contributed by atoms with van der Waals surface area (Å²) < 4.78 is 0. The Kier molecular flexibility index (Phi) is 4.20. The Bertz CT molecular complexity index is 339. The Morgan fingerprint density at radius 3 is 2.56 bits per heavy atom. The Hall–Kier alpha value is -1.20. The van der Waals surface area contributed by atoms with Gasteiger partial charge in [0, 0.05) is 25.5 Å². The van der Waals surface area contributed by atoms with Gasteiger partial charge in [-0.05, 0) is 27.9 Å². The minimum atomic E-state index is -0.784. The number of anilines is 1. The average molecular weight is 224 g/mol. The summed E-state index contributed by atoms with van der Waals surface area (Å²) in [6, 6.07) is 0. The van der Waals surface area contributed by atoms with Gasteiger partial charge in [0.05, 0.1) is 11.3 Å². The molecule has 5 nitrogen and oxygen atoms in total. The number of hydrogen-bond donors (Lipinski definition) is 2. The van der Waals surface area contributed by atoms with E-state index in [0.29, 0.717) is 13.1 Å². The first-order valence-corrected chi connectivity index (χ1v) is 5.29. The number of aryl methyl sites for hydroxylation is 1. The van der Waals surface area contributed by atoms with Crippen LogP contribution in [0.2, 0.25) is 0 Å². The monoisotopic (exact) mass is 224 g/mol. The van der Waals surface area contributed by atoms with Crippen LogP contribution in [0.3, 0.4) is 0 Å². The van der Waals surface area contributed by atoms with E-state index in [1.54, 1.807) is 19.3 Å². The molecule has 0 fully saturated rings. The molecule has 0 amide bonds. The zero-order valence-corrected chi connectivity index (χ0v) is 10.4. The van der Waals surface area contributed by atoms with Gasteiger partial charge in [-0.3, -0.25) is 4.98 Å². The summed E-state index contributed by atoms with van der Waals surface area (Å²) in [6.45, 7) is 4.73. The molecule has 0 aliphatic heterocycles. The van der Waals surface area contributed by atoms with Crippen LogP contribution in [0, 0.1) is 6.92 Å². The van der Waals surface area contributed by atoms with Crippen LogP contribution >= 0.6 is 0 Å². The number of nitrogens with one attached hydrogen (secondary N) is 1. The Morgan fingerprint density at radius 2 is 2.00 bits per heavy atom. The number of aliphatic hydroxyl groups is 1. The Labute approximate surface area is 96.5 Å². The maximum absolute atomic E-state index is 10.1. The van der Waals surface area contributed by atoms with Gasteiger partial charge >= 0.3 is 0 Å². The van der Waals surface area contributed by atoms with E-state index >= 15 is 0 Å². The lowest BCUT2D eigenvalue weighted by atomic mass is 10.1. The minimum absolute atomic E-state index is 0.449. The zero-order chi connectivity index (χ0) is 12.2. The van der Waals surface area contributed by atoms with Gasteiger partial charge in [0.2, 0.25) is 0 Å². The van der Waals surface area contributed by atoms with Gasteiger partial charge < -0.3 is 15.3 Å². The standard InChI is InChI=1S/C11H20N4O/c1-9-10(13-6-5-12-9)14-7-11(2,16)8-15(3)4/h5-6,16H,7-8H2,1-4H3,(H,13,14). The third kappa shape index (κ3) is 4.12. The molecule has 16 heavy (non-hydrogen) atoms. The van der Waals surface area contributed by atoms with Crippen LogP contribution in [0.4, 0.5) is 5.82 Å². The van der Waals surface area contributed by atoms with Crippen molar-refractivity contribution in [3.8, 4) is 0 Å². The lowest BCUT2D eigenvalue weighted by Gasteiger charge is -2.27. The number of aromatic nitrogens is 2. The second-order valence-corrected chi connectivity index (χ2v) is 4.58. The second kappa shape index (κ2) is 5.23. The minimum Gasteiger partial charge on any atom is -0.387 e. The Morgan fingerprint density at radius 1 is 1.38 bits per heavy atom. The van der Waals surface area contributed by atoms with Gasteiger partial charge in [-0.15, -0.1) is 0 Å². The molecule has 1 rings (SSSR count). The molecule has 0 aromatic carbocycles. The topological polar surface area (TPSA) is 61.3 Å². The molecule has 1 aromatic heterocycles. The highest BCUT2D eigenvalue weighted by Crippen LogP contribution is 2.10. The number of rotatable bonds is 5. The van der Waals surface area contributed by atoms with Crippen molar-refractivity contribution in [3.63, 3.8) is 0 Å². The summed E-state index contributed by atoms with van der Waals surface area (Å²) in [4.78, 5) is 10.2. The number of nitrogens with zero attached hydrogens (tertiary/aromatic N) is 3. The molecule has 5 heteroatoms. The molecule has 0 aliphatic carbocycles. The first-order valence-electron chi connectivity index (χ1n) is 5.29. The van der Waals surface area contributed by atoms with E-state index in [4.69, 9.17) is 0 Å². The van der Waals surface area contributed by atoms with Crippen LogP contribution < -0.4 is 5.32 Å². The van der Waals surface area contributed by atoms with Crippen LogP contribution in [0.15, 0.2) is 12.4 Å². The first-order chi connectivity index (χ1) is 7.41. The van der Waals surface area contributed by atoms with Gasteiger partial charge in [0.1, 0.15) is 5.82 Å². The average Bonchev–Trinajstić information content (AvgIpc) is 2.14. The molecule has 1 unspecified atom stereocenters. The summed E-state index contributed by atoms with van der Waals surface area (Å²) in [5.74, 6) is 0.724. The van der Waals surface area contributed by atoms with Crippen molar-refractivity contribution in [1.82, 2.24) is 14.9 Å². The molecule has 1 atom stereocenters. The highest BCUT2D eigenvalue weighted by molar-refractivity contribution is 5.38. The summed E-state index contributed by atoms with van der Waals surface area (Å²) in [5, 5.41) is 13.2. The molecular formula is C11H20N4O. The third-order valence-corrected chi connectivity index (χ3v) is 2.17. The second-order valence-electron chi connectivity index (χ2n) is 4.58. The van der Waals surface area contributed by atoms with Gasteiger partial charge in [-0.25, -0.2) is 4.98 Å². The molecule has 0 saturated heterocycles. The highest BCUT2D eigenvalue weighted by atomic mass is 16.3. The molecule has 1 heterocycles. The summed E-state index contributed by atoms with van der Waals surface area (Å²) >= 11 is 0. The summed E-state index contributed by atoms with van der Waals surface area (Å²) in [5.41, 5.74) is 0.0520. The Balaban J connectivity index is 2.54. The van der Waals surface area contributed by atoms with Crippen molar-refractivity contribution in [2.24, 2.45) is 0 Å². The van der Waals surface area contributed by atoms with Crippen molar-refractivity contribution < 1.29 is 5.11 Å². The number of likely N-dealkylation sites (N-methyl/N-ethyl adjacent to an activating group) is 1. The SMILES string of the molecule is Cc1nccnc1NCC(C)(O)CN(C)C. The van der Waals surface area contributed by atoms with Crippen molar-refractivity contribution in [2.45, 2.75) is 19.4 Å². The van der Waals surface area contributed by atoms with Crippen LogP contribution in [-0.2, 0) is 0 Å². The van der Waals surface area contributed by atoms with Gasteiger partial charge in [0.25, 0.3) is 0 Å².